The lowest BCUT2D eigenvalue weighted by Crippen LogP contribution is -2.44. The third-order valence-electron chi connectivity index (χ3n) is 4.04. The van der Waals surface area contributed by atoms with E-state index >= 15 is 0 Å². The van der Waals surface area contributed by atoms with E-state index in [1.54, 1.807) is 7.11 Å². The second kappa shape index (κ2) is 6.59. The molecule has 1 fully saturated rings. The maximum absolute atomic E-state index is 12.5. The minimum absolute atomic E-state index is 0.168. The minimum Gasteiger partial charge on any atom is -0.496 e. The second-order valence-electron chi connectivity index (χ2n) is 6.98. The molecule has 2 rings (SSSR count). The van der Waals surface area contributed by atoms with E-state index in [1.165, 1.54) is 0 Å². The molecular formula is C18H27NO3. The van der Waals surface area contributed by atoms with Crippen molar-refractivity contribution in [2.45, 2.75) is 64.6 Å². The molecule has 1 heterocycles. The number of para-hydroxylation sites is 1. The third kappa shape index (κ3) is 3.93. The van der Waals surface area contributed by atoms with E-state index in [-0.39, 0.29) is 18.2 Å². The van der Waals surface area contributed by atoms with Gasteiger partial charge in [0.25, 0.3) is 0 Å². The van der Waals surface area contributed by atoms with Gasteiger partial charge in [-0.05, 0) is 58.6 Å². The molecule has 1 aliphatic heterocycles. The summed E-state index contributed by atoms with van der Waals surface area (Å²) in [6, 6.07) is 8.38. The Morgan fingerprint density at radius 2 is 1.95 bits per heavy atom. The molecule has 0 radical (unpaired) electrons. The standard InChI is InChI=1S/C18H27NO3/c1-13-10-11-15(19(13)17(20)22-18(2,3)4)12-14-8-6-7-9-16(14)21-5/h6-9,13,15H,10-12H2,1-5H3/t13-,15-/m1/s1. The van der Waals surface area contributed by atoms with E-state index in [1.807, 2.05) is 43.9 Å². The van der Waals surface area contributed by atoms with Crippen LogP contribution in [-0.2, 0) is 11.2 Å². The molecule has 0 saturated carbocycles. The van der Waals surface area contributed by atoms with Crippen molar-refractivity contribution < 1.29 is 14.3 Å². The first-order chi connectivity index (χ1) is 10.3. The van der Waals surface area contributed by atoms with Crippen molar-refractivity contribution >= 4 is 6.09 Å². The van der Waals surface area contributed by atoms with Crippen LogP contribution in [-0.4, -0.2) is 35.8 Å². The smallest absolute Gasteiger partial charge is 0.410 e. The molecule has 0 unspecified atom stereocenters. The lowest BCUT2D eigenvalue weighted by molar-refractivity contribution is 0.0160. The van der Waals surface area contributed by atoms with Crippen molar-refractivity contribution in [2.75, 3.05) is 7.11 Å². The highest BCUT2D eigenvalue weighted by molar-refractivity contribution is 5.69. The normalized spacial score (nSPS) is 21.8. The Hall–Kier alpha value is -1.71. The summed E-state index contributed by atoms with van der Waals surface area (Å²) >= 11 is 0. The van der Waals surface area contributed by atoms with Gasteiger partial charge in [0.2, 0.25) is 0 Å². The Labute approximate surface area is 133 Å². The first-order valence-corrected chi connectivity index (χ1v) is 7.95. The van der Waals surface area contributed by atoms with Gasteiger partial charge in [0.15, 0.2) is 0 Å². The second-order valence-corrected chi connectivity index (χ2v) is 6.98. The van der Waals surface area contributed by atoms with E-state index < -0.39 is 5.60 Å². The van der Waals surface area contributed by atoms with Crippen LogP contribution in [0.1, 0.15) is 46.1 Å². The maximum Gasteiger partial charge on any atom is 0.410 e. The molecule has 0 spiro atoms. The summed E-state index contributed by atoms with van der Waals surface area (Å²) in [5.41, 5.74) is 0.673. The monoisotopic (exact) mass is 305 g/mol. The highest BCUT2D eigenvalue weighted by Crippen LogP contribution is 2.30. The predicted molar refractivity (Wildman–Crippen MR) is 87.3 cm³/mol. The molecule has 0 aromatic heterocycles. The number of amides is 1. The average molecular weight is 305 g/mol. The van der Waals surface area contributed by atoms with E-state index in [0.29, 0.717) is 0 Å². The van der Waals surface area contributed by atoms with Crippen molar-refractivity contribution in [3.05, 3.63) is 29.8 Å². The molecule has 1 aromatic rings. The fourth-order valence-electron chi connectivity index (χ4n) is 3.04. The molecule has 4 nitrogen and oxygen atoms in total. The van der Waals surface area contributed by atoms with Crippen LogP contribution in [0.2, 0.25) is 0 Å². The zero-order valence-corrected chi connectivity index (χ0v) is 14.3. The number of benzene rings is 1. The van der Waals surface area contributed by atoms with Crippen molar-refractivity contribution in [2.24, 2.45) is 0 Å². The summed E-state index contributed by atoms with van der Waals surface area (Å²) in [5, 5.41) is 0. The topological polar surface area (TPSA) is 38.8 Å². The number of nitrogens with zero attached hydrogens (tertiary/aromatic N) is 1. The van der Waals surface area contributed by atoms with Crippen LogP contribution in [0.4, 0.5) is 4.79 Å². The molecule has 22 heavy (non-hydrogen) atoms. The number of likely N-dealkylation sites (tertiary alicyclic amines) is 1. The number of carbonyl (C=O) groups is 1. The highest BCUT2D eigenvalue weighted by Gasteiger charge is 2.37. The number of hydrogen-bond donors (Lipinski definition) is 0. The van der Waals surface area contributed by atoms with Gasteiger partial charge < -0.3 is 14.4 Å². The van der Waals surface area contributed by atoms with Crippen LogP contribution >= 0.6 is 0 Å². The number of carbonyl (C=O) groups excluding carboxylic acids is 1. The third-order valence-corrected chi connectivity index (χ3v) is 4.04. The van der Waals surface area contributed by atoms with Gasteiger partial charge in [-0.15, -0.1) is 0 Å². The Bertz CT molecular complexity index is 521. The van der Waals surface area contributed by atoms with Crippen molar-refractivity contribution in [3.8, 4) is 5.75 Å². The summed E-state index contributed by atoms with van der Waals surface area (Å²) in [4.78, 5) is 14.4. The Morgan fingerprint density at radius 1 is 1.27 bits per heavy atom. The Balaban J connectivity index is 2.14. The summed E-state index contributed by atoms with van der Waals surface area (Å²) in [6.45, 7) is 7.80. The first-order valence-electron chi connectivity index (χ1n) is 7.95. The Kier molecular flexibility index (Phi) is 4.99. The van der Waals surface area contributed by atoms with Gasteiger partial charge in [-0.3, -0.25) is 0 Å². The molecule has 0 N–H and O–H groups in total. The van der Waals surface area contributed by atoms with E-state index in [0.717, 1.165) is 30.6 Å². The SMILES string of the molecule is COc1ccccc1C[C@H]1CC[C@@H](C)N1C(=O)OC(C)(C)C. The summed E-state index contributed by atoms with van der Waals surface area (Å²) in [5.74, 6) is 0.881. The largest absolute Gasteiger partial charge is 0.496 e. The molecule has 2 atom stereocenters. The fourth-order valence-corrected chi connectivity index (χ4v) is 3.04. The molecule has 1 aromatic carbocycles. The number of hydrogen-bond acceptors (Lipinski definition) is 3. The molecule has 1 saturated heterocycles. The maximum atomic E-state index is 12.5. The van der Waals surface area contributed by atoms with Gasteiger partial charge in [0.05, 0.1) is 7.11 Å². The van der Waals surface area contributed by atoms with E-state index in [2.05, 4.69) is 13.0 Å². The van der Waals surface area contributed by atoms with Gasteiger partial charge in [-0.2, -0.15) is 0 Å². The zero-order valence-electron chi connectivity index (χ0n) is 14.3. The number of rotatable bonds is 3. The fraction of sp³-hybridized carbons (Fsp3) is 0.611. The molecule has 1 aliphatic rings. The van der Waals surface area contributed by atoms with Gasteiger partial charge in [0, 0.05) is 12.1 Å². The summed E-state index contributed by atoms with van der Waals surface area (Å²) in [7, 11) is 1.68. The predicted octanol–water partition coefficient (Wildman–Crippen LogP) is 4.03. The lowest BCUT2D eigenvalue weighted by Gasteiger charge is -2.31. The van der Waals surface area contributed by atoms with Crippen LogP contribution in [0.5, 0.6) is 5.75 Å². The summed E-state index contributed by atoms with van der Waals surface area (Å²) in [6.07, 6.45) is 2.60. The zero-order chi connectivity index (χ0) is 16.3. The lowest BCUT2D eigenvalue weighted by atomic mass is 10.0. The molecular weight excluding hydrogens is 278 g/mol. The summed E-state index contributed by atoms with van der Waals surface area (Å²) < 4.78 is 11.0. The minimum atomic E-state index is -0.464. The van der Waals surface area contributed by atoms with E-state index in [4.69, 9.17) is 9.47 Å². The highest BCUT2D eigenvalue weighted by atomic mass is 16.6. The molecule has 0 bridgehead atoms. The first kappa shape index (κ1) is 16.7. The van der Waals surface area contributed by atoms with E-state index in [9.17, 15) is 4.79 Å². The molecule has 122 valence electrons. The molecule has 0 aliphatic carbocycles. The van der Waals surface area contributed by atoms with Crippen LogP contribution < -0.4 is 4.74 Å². The van der Waals surface area contributed by atoms with Gasteiger partial charge in [-0.1, -0.05) is 18.2 Å². The van der Waals surface area contributed by atoms with Crippen molar-refractivity contribution in [1.29, 1.82) is 0 Å². The van der Waals surface area contributed by atoms with Gasteiger partial charge in [0.1, 0.15) is 11.4 Å². The van der Waals surface area contributed by atoms with Crippen molar-refractivity contribution in [1.82, 2.24) is 4.90 Å². The van der Waals surface area contributed by atoms with Crippen molar-refractivity contribution in [3.63, 3.8) is 0 Å². The number of methoxy groups -OCH3 is 1. The molecule has 4 heteroatoms. The van der Waals surface area contributed by atoms with Crippen LogP contribution in [0.25, 0.3) is 0 Å². The van der Waals surface area contributed by atoms with Gasteiger partial charge >= 0.3 is 6.09 Å². The quantitative estimate of drug-likeness (QED) is 0.846. The Morgan fingerprint density at radius 3 is 2.59 bits per heavy atom. The van der Waals surface area contributed by atoms with Gasteiger partial charge in [-0.25, -0.2) is 4.79 Å². The average Bonchev–Trinajstić information content (AvgIpc) is 2.78. The molecule has 1 amide bonds. The van der Waals surface area contributed by atoms with Crippen LogP contribution in [0.15, 0.2) is 24.3 Å². The number of ether oxygens (including phenoxy) is 2. The van der Waals surface area contributed by atoms with Crippen LogP contribution in [0, 0.1) is 0 Å². The van der Waals surface area contributed by atoms with Crippen LogP contribution in [0.3, 0.4) is 0 Å².